The fourth-order valence-corrected chi connectivity index (χ4v) is 2.34. The summed E-state index contributed by atoms with van der Waals surface area (Å²) >= 11 is 0. The molecule has 1 unspecified atom stereocenters. The number of halogens is 3. The molecule has 1 aromatic rings. The van der Waals surface area contributed by atoms with E-state index >= 15 is 0 Å². The summed E-state index contributed by atoms with van der Waals surface area (Å²) in [4.78, 5) is 11.6. The summed E-state index contributed by atoms with van der Waals surface area (Å²) in [5.41, 5.74) is -0.665. The first-order valence-corrected chi connectivity index (χ1v) is 6.87. The number of nitrogens with one attached hydrogen (secondary N) is 3. The Hall–Kier alpha value is -1.76. The molecule has 1 fully saturated rings. The zero-order chi connectivity index (χ0) is 15.3. The molecule has 0 saturated carbocycles. The molecular weight excluding hydrogens is 283 g/mol. The lowest BCUT2D eigenvalue weighted by Crippen LogP contribution is -2.42. The Bertz CT molecular complexity index is 485. The van der Waals surface area contributed by atoms with Crippen molar-refractivity contribution >= 4 is 6.03 Å². The van der Waals surface area contributed by atoms with Crippen LogP contribution in [0.5, 0.6) is 0 Å². The third-order valence-corrected chi connectivity index (χ3v) is 3.43. The van der Waals surface area contributed by atoms with E-state index in [1.54, 1.807) is 0 Å². The lowest BCUT2D eigenvalue weighted by molar-refractivity contribution is -0.138. The van der Waals surface area contributed by atoms with Gasteiger partial charge in [-0.15, -0.1) is 0 Å². The summed E-state index contributed by atoms with van der Waals surface area (Å²) < 4.78 is 38.4. The molecule has 2 rings (SSSR count). The summed E-state index contributed by atoms with van der Waals surface area (Å²) in [7, 11) is 0. The largest absolute Gasteiger partial charge is 0.416 e. The Morgan fingerprint density at radius 3 is 2.71 bits per heavy atom. The van der Waals surface area contributed by atoms with E-state index < -0.39 is 17.8 Å². The predicted octanol–water partition coefficient (Wildman–Crippen LogP) is 2.26. The van der Waals surface area contributed by atoms with Gasteiger partial charge in [0.05, 0.1) is 5.56 Å². The molecule has 3 N–H and O–H groups in total. The number of alkyl halides is 3. The van der Waals surface area contributed by atoms with Crippen molar-refractivity contribution in [2.75, 3.05) is 13.1 Å². The molecule has 2 amide bonds. The number of hydrogen-bond acceptors (Lipinski definition) is 2. The van der Waals surface area contributed by atoms with Gasteiger partial charge in [-0.05, 0) is 31.0 Å². The summed E-state index contributed by atoms with van der Waals surface area (Å²) in [6, 6.07) is 5.02. The smallest absolute Gasteiger partial charge is 0.337 e. The summed E-state index contributed by atoms with van der Waals surface area (Å²) in [6.45, 7) is 1.26. The van der Waals surface area contributed by atoms with Crippen LogP contribution in [0.3, 0.4) is 0 Å². The number of amides is 2. The van der Waals surface area contributed by atoms with Crippen LogP contribution < -0.4 is 16.0 Å². The van der Waals surface area contributed by atoms with Crippen LogP contribution in [0.2, 0.25) is 0 Å². The van der Waals surface area contributed by atoms with Gasteiger partial charge in [-0.25, -0.2) is 4.79 Å². The first-order chi connectivity index (χ1) is 9.97. The average molecular weight is 301 g/mol. The molecule has 116 valence electrons. The van der Waals surface area contributed by atoms with Crippen LogP contribution in [-0.2, 0) is 12.7 Å². The second-order valence-corrected chi connectivity index (χ2v) is 5.01. The van der Waals surface area contributed by atoms with Crippen molar-refractivity contribution in [2.45, 2.75) is 31.6 Å². The number of rotatable bonds is 4. The number of urea groups is 1. The molecule has 1 saturated heterocycles. The van der Waals surface area contributed by atoms with E-state index in [-0.39, 0.29) is 18.2 Å². The highest BCUT2D eigenvalue weighted by molar-refractivity contribution is 5.73. The molecular formula is C14H18F3N3O. The highest BCUT2D eigenvalue weighted by atomic mass is 19.4. The maximum atomic E-state index is 12.8. The molecule has 21 heavy (non-hydrogen) atoms. The van der Waals surface area contributed by atoms with E-state index in [0.717, 1.165) is 25.5 Å². The molecule has 0 spiro atoms. The van der Waals surface area contributed by atoms with Gasteiger partial charge in [-0.2, -0.15) is 13.2 Å². The van der Waals surface area contributed by atoms with Crippen molar-refractivity contribution in [1.82, 2.24) is 16.0 Å². The molecule has 0 bridgehead atoms. The zero-order valence-electron chi connectivity index (χ0n) is 11.5. The molecule has 0 aliphatic carbocycles. The van der Waals surface area contributed by atoms with Crippen molar-refractivity contribution in [3.8, 4) is 0 Å². The molecule has 1 atom stereocenters. The van der Waals surface area contributed by atoms with Gasteiger partial charge in [0, 0.05) is 19.1 Å². The standard InChI is InChI=1S/C14H18F3N3O/c15-14(16,17)12-6-2-1-4-10(12)8-19-13(21)20-9-11-5-3-7-18-11/h1-2,4,6,11,18H,3,5,7-9H2,(H2,19,20,21). The highest BCUT2D eigenvalue weighted by Gasteiger charge is 2.32. The van der Waals surface area contributed by atoms with Crippen LogP contribution in [0, 0.1) is 0 Å². The van der Waals surface area contributed by atoms with Gasteiger partial charge in [0.1, 0.15) is 0 Å². The molecule has 1 aliphatic rings. The SMILES string of the molecule is O=C(NCc1ccccc1C(F)(F)F)NCC1CCCN1. The van der Waals surface area contributed by atoms with Gasteiger partial charge in [-0.1, -0.05) is 18.2 Å². The van der Waals surface area contributed by atoms with Crippen molar-refractivity contribution < 1.29 is 18.0 Å². The highest BCUT2D eigenvalue weighted by Crippen LogP contribution is 2.31. The van der Waals surface area contributed by atoms with Gasteiger partial charge >= 0.3 is 12.2 Å². The Morgan fingerprint density at radius 2 is 2.05 bits per heavy atom. The lowest BCUT2D eigenvalue weighted by atomic mass is 10.1. The predicted molar refractivity (Wildman–Crippen MR) is 72.7 cm³/mol. The van der Waals surface area contributed by atoms with Crippen molar-refractivity contribution in [1.29, 1.82) is 0 Å². The Kier molecular flexibility index (Phi) is 5.06. The van der Waals surface area contributed by atoms with Gasteiger partial charge in [0.2, 0.25) is 0 Å². The molecule has 0 radical (unpaired) electrons. The molecule has 4 nitrogen and oxygen atoms in total. The molecule has 1 aromatic carbocycles. The van der Waals surface area contributed by atoms with Gasteiger partial charge in [0.15, 0.2) is 0 Å². The molecule has 1 heterocycles. The molecule has 0 aromatic heterocycles. The summed E-state index contributed by atoms with van der Waals surface area (Å²) in [5, 5.41) is 8.34. The van der Waals surface area contributed by atoms with E-state index in [1.165, 1.54) is 18.2 Å². The number of carbonyl (C=O) groups is 1. The minimum Gasteiger partial charge on any atom is -0.337 e. The Labute approximate surface area is 121 Å². The first-order valence-electron chi connectivity index (χ1n) is 6.87. The van der Waals surface area contributed by atoms with Crippen LogP contribution in [0.15, 0.2) is 24.3 Å². The fraction of sp³-hybridized carbons (Fsp3) is 0.500. The van der Waals surface area contributed by atoms with Gasteiger partial charge < -0.3 is 16.0 Å². The topological polar surface area (TPSA) is 53.2 Å². The van der Waals surface area contributed by atoms with Crippen LogP contribution in [-0.4, -0.2) is 25.2 Å². The number of carbonyl (C=O) groups excluding carboxylic acids is 1. The monoisotopic (exact) mass is 301 g/mol. The lowest BCUT2D eigenvalue weighted by Gasteiger charge is -2.15. The van der Waals surface area contributed by atoms with Crippen molar-refractivity contribution in [3.05, 3.63) is 35.4 Å². The van der Waals surface area contributed by atoms with Crippen LogP contribution in [0.1, 0.15) is 24.0 Å². The van der Waals surface area contributed by atoms with Gasteiger partial charge in [-0.3, -0.25) is 0 Å². The van der Waals surface area contributed by atoms with Crippen LogP contribution >= 0.6 is 0 Å². The van der Waals surface area contributed by atoms with Crippen molar-refractivity contribution in [2.24, 2.45) is 0 Å². The zero-order valence-corrected chi connectivity index (χ0v) is 11.5. The summed E-state index contributed by atoms with van der Waals surface area (Å²) in [6.07, 6.45) is -2.34. The second-order valence-electron chi connectivity index (χ2n) is 5.01. The quantitative estimate of drug-likeness (QED) is 0.799. The minimum absolute atomic E-state index is 0.0548. The minimum atomic E-state index is -4.41. The third kappa shape index (κ3) is 4.63. The average Bonchev–Trinajstić information content (AvgIpc) is 2.95. The Morgan fingerprint density at radius 1 is 1.29 bits per heavy atom. The van der Waals surface area contributed by atoms with E-state index in [9.17, 15) is 18.0 Å². The summed E-state index contributed by atoms with van der Waals surface area (Å²) in [5.74, 6) is 0. The van der Waals surface area contributed by atoms with E-state index in [1.807, 2.05) is 0 Å². The normalized spacial score (nSPS) is 18.5. The van der Waals surface area contributed by atoms with Crippen LogP contribution in [0.4, 0.5) is 18.0 Å². The maximum absolute atomic E-state index is 12.8. The second kappa shape index (κ2) is 6.80. The van der Waals surface area contributed by atoms with E-state index in [4.69, 9.17) is 0 Å². The van der Waals surface area contributed by atoms with E-state index in [0.29, 0.717) is 6.54 Å². The number of hydrogen-bond donors (Lipinski definition) is 3. The van der Waals surface area contributed by atoms with Gasteiger partial charge in [0.25, 0.3) is 0 Å². The first kappa shape index (κ1) is 15.6. The fourth-order valence-electron chi connectivity index (χ4n) is 2.34. The maximum Gasteiger partial charge on any atom is 0.416 e. The Balaban J connectivity index is 1.83. The van der Waals surface area contributed by atoms with Crippen LogP contribution in [0.25, 0.3) is 0 Å². The number of benzene rings is 1. The molecule has 7 heteroatoms. The third-order valence-electron chi connectivity index (χ3n) is 3.43. The molecule has 1 aliphatic heterocycles. The van der Waals surface area contributed by atoms with E-state index in [2.05, 4.69) is 16.0 Å². The van der Waals surface area contributed by atoms with Crippen molar-refractivity contribution in [3.63, 3.8) is 0 Å².